The number of nitriles is 1. The van der Waals surface area contributed by atoms with Crippen molar-refractivity contribution < 1.29 is 14.4 Å². The van der Waals surface area contributed by atoms with Crippen molar-refractivity contribution in [1.82, 2.24) is 0 Å². The fourth-order valence-corrected chi connectivity index (χ4v) is 6.72. The van der Waals surface area contributed by atoms with E-state index in [9.17, 15) is 14.9 Å². The number of carbonyl (C=O) groups excluding carboxylic acids is 2. The molecule has 3 atom stereocenters. The van der Waals surface area contributed by atoms with Crippen LogP contribution in [0, 0.1) is 17.2 Å². The third-order valence-corrected chi connectivity index (χ3v) is 8.33. The van der Waals surface area contributed by atoms with Crippen LogP contribution in [0.5, 0.6) is 0 Å². The summed E-state index contributed by atoms with van der Waals surface area (Å²) in [6.45, 7) is 0. The normalized spacial score (nSPS) is 23.7. The van der Waals surface area contributed by atoms with E-state index in [1.165, 1.54) is 16.2 Å². The molecule has 170 valence electrons. The summed E-state index contributed by atoms with van der Waals surface area (Å²) in [5.74, 6) is -1.46. The number of hydroxylamine groups is 1. The average molecular weight is 490 g/mol. The molecule has 0 spiro atoms. The zero-order valence-electron chi connectivity index (χ0n) is 18.1. The van der Waals surface area contributed by atoms with Crippen LogP contribution < -0.4 is 9.96 Å². The number of fused-ring (bicyclic) bond motifs is 2. The Morgan fingerprint density at radius 2 is 1.74 bits per heavy atom. The number of thiophene rings is 1. The first kappa shape index (κ1) is 21.4. The highest BCUT2D eigenvalue weighted by atomic mass is 35.5. The van der Waals surface area contributed by atoms with E-state index in [2.05, 4.69) is 6.07 Å². The predicted molar refractivity (Wildman–Crippen MR) is 130 cm³/mol. The molecule has 3 aliphatic rings. The molecule has 2 aliphatic heterocycles. The van der Waals surface area contributed by atoms with E-state index in [4.69, 9.17) is 16.4 Å². The number of carbonyl (C=O) groups is 2. The van der Waals surface area contributed by atoms with Gasteiger partial charge in [-0.05, 0) is 61.1 Å². The SMILES string of the molecule is N#Cc1c(N2C(=O)[C@@H]3[C@@H](ON(c4ccc(Cl)cc4)[C@H]3c3ccccc3)C2=O)sc2c1CCCC2. The van der Waals surface area contributed by atoms with Gasteiger partial charge in [0.15, 0.2) is 6.10 Å². The first-order valence-electron chi connectivity index (χ1n) is 11.3. The molecule has 0 radical (unpaired) electrons. The molecule has 1 aromatic heterocycles. The smallest absolute Gasteiger partial charge is 0.267 e. The lowest BCUT2D eigenvalue weighted by Gasteiger charge is -2.28. The Morgan fingerprint density at radius 1 is 1.00 bits per heavy atom. The number of anilines is 2. The molecular formula is C26H20ClN3O3S. The summed E-state index contributed by atoms with van der Waals surface area (Å²) in [4.78, 5) is 36.0. The summed E-state index contributed by atoms with van der Waals surface area (Å²) < 4.78 is 0. The summed E-state index contributed by atoms with van der Waals surface area (Å²) in [6, 6.07) is 18.5. The quantitative estimate of drug-likeness (QED) is 0.472. The van der Waals surface area contributed by atoms with E-state index in [0.717, 1.165) is 41.7 Å². The Bertz CT molecular complexity index is 1330. The zero-order chi connectivity index (χ0) is 23.4. The number of halogens is 1. The number of amides is 2. The van der Waals surface area contributed by atoms with E-state index in [1.807, 2.05) is 42.5 Å². The first-order valence-corrected chi connectivity index (χ1v) is 12.5. The molecule has 34 heavy (non-hydrogen) atoms. The molecule has 0 bridgehead atoms. The Morgan fingerprint density at radius 3 is 2.47 bits per heavy atom. The van der Waals surface area contributed by atoms with Crippen LogP contribution >= 0.6 is 22.9 Å². The van der Waals surface area contributed by atoms with Gasteiger partial charge in [-0.25, -0.2) is 9.96 Å². The lowest BCUT2D eigenvalue weighted by atomic mass is 9.90. The standard InChI is InChI=1S/C26H20ClN3O3S/c27-16-10-12-17(13-11-16)30-22(15-6-2-1-3-7-15)21-23(33-30)25(32)29(24(21)31)26-19(14-28)18-8-4-5-9-20(18)34-26/h1-3,6-7,10-13,21-23H,4-5,8-9H2/t21-,22-,23+/m0/s1. The number of benzene rings is 2. The largest absolute Gasteiger partial charge is 0.273 e. The minimum Gasteiger partial charge on any atom is -0.273 e. The van der Waals surface area contributed by atoms with Crippen molar-refractivity contribution in [3.8, 4) is 6.07 Å². The zero-order valence-corrected chi connectivity index (χ0v) is 19.7. The van der Waals surface area contributed by atoms with Gasteiger partial charge in [-0.15, -0.1) is 11.3 Å². The van der Waals surface area contributed by atoms with Crippen molar-refractivity contribution in [2.45, 2.75) is 37.8 Å². The van der Waals surface area contributed by atoms with Crippen molar-refractivity contribution >= 4 is 45.4 Å². The monoisotopic (exact) mass is 489 g/mol. The van der Waals surface area contributed by atoms with Gasteiger partial charge in [0, 0.05) is 9.90 Å². The van der Waals surface area contributed by atoms with Crippen molar-refractivity contribution in [2.75, 3.05) is 9.96 Å². The Labute approximate surface area is 205 Å². The molecule has 1 aliphatic carbocycles. The van der Waals surface area contributed by atoms with Crippen LogP contribution in [0.3, 0.4) is 0 Å². The molecule has 6 nitrogen and oxygen atoms in total. The molecule has 6 rings (SSSR count). The molecule has 0 N–H and O–H groups in total. The van der Waals surface area contributed by atoms with E-state index in [0.29, 0.717) is 21.3 Å². The fraction of sp³-hybridized carbons (Fsp3) is 0.269. The lowest BCUT2D eigenvalue weighted by Crippen LogP contribution is -2.37. The molecule has 2 saturated heterocycles. The molecule has 3 aromatic rings. The molecule has 3 heterocycles. The molecule has 2 fully saturated rings. The maximum absolute atomic E-state index is 13.9. The second-order valence-electron chi connectivity index (χ2n) is 8.72. The summed E-state index contributed by atoms with van der Waals surface area (Å²) in [5, 5.41) is 12.6. The van der Waals surface area contributed by atoms with Gasteiger partial charge in [0.05, 0.1) is 17.3 Å². The van der Waals surface area contributed by atoms with E-state index < -0.39 is 24.0 Å². The number of nitrogens with zero attached hydrogens (tertiary/aromatic N) is 3. The maximum Gasteiger partial charge on any atom is 0.267 e. The number of hydrogen-bond donors (Lipinski definition) is 0. The van der Waals surface area contributed by atoms with Crippen molar-refractivity contribution in [1.29, 1.82) is 5.26 Å². The third kappa shape index (κ3) is 3.17. The first-order chi connectivity index (χ1) is 16.6. The summed E-state index contributed by atoms with van der Waals surface area (Å²) in [6.07, 6.45) is 2.80. The van der Waals surface area contributed by atoms with Gasteiger partial charge < -0.3 is 0 Å². The van der Waals surface area contributed by atoms with Crippen LogP contribution in [-0.4, -0.2) is 17.9 Å². The maximum atomic E-state index is 13.9. The van der Waals surface area contributed by atoms with E-state index in [-0.39, 0.29) is 5.91 Å². The molecule has 0 unspecified atom stereocenters. The lowest BCUT2D eigenvalue weighted by molar-refractivity contribution is -0.126. The molecule has 8 heteroatoms. The van der Waals surface area contributed by atoms with Crippen LogP contribution in [0.2, 0.25) is 5.02 Å². The van der Waals surface area contributed by atoms with E-state index >= 15 is 0 Å². The minimum absolute atomic E-state index is 0.324. The summed E-state index contributed by atoms with van der Waals surface area (Å²) in [5.41, 5.74) is 3.05. The predicted octanol–water partition coefficient (Wildman–Crippen LogP) is 5.20. The number of aryl methyl sites for hydroxylation is 1. The Hall–Kier alpha value is -3.18. The van der Waals surface area contributed by atoms with Crippen molar-refractivity contribution in [3.05, 3.63) is 81.2 Å². The summed E-state index contributed by atoms with van der Waals surface area (Å²) >= 11 is 7.48. The van der Waals surface area contributed by atoms with Gasteiger partial charge in [-0.3, -0.25) is 14.4 Å². The van der Waals surface area contributed by atoms with Crippen molar-refractivity contribution in [3.63, 3.8) is 0 Å². The van der Waals surface area contributed by atoms with Gasteiger partial charge in [0.25, 0.3) is 5.91 Å². The average Bonchev–Trinajstić information content (AvgIpc) is 3.50. The Balaban J connectivity index is 1.43. The van der Waals surface area contributed by atoms with Gasteiger partial charge in [0.2, 0.25) is 5.91 Å². The molecule has 2 amide bonds. The number of rotatable bonds is 3. The molecule has 0 saturated carbocycles. The van der Waals surface area contributed by atoms with Crippen LogP contribution in [-0.2, 0) is 27.3 Å². The Kier molecular flexibility index (Phi) is 5.18. The highest BCUT2D eigenvalue weighted by molar-refractivity contribution is 7.17. The van der Waals surface area contributed by atoms with Crippen LogP contribution in [0.25, 0.3) is 0 Å². The van der Waals surface area contributed by atoms with E-state index in [1.54, 1.807) is 17.2 Å². The van der Waals surface area contributed by atoms with Crippen molar-refractivity contribution in [2.24, 2.45) is 5.92 Å². The van der Waals surface area contributed by atoms with Gasteiger partial charge in [-0.2, -0.15) is 5.26 Å². The highest BCUT2D eigenvalue weighted by Gasteiger charge is 2.61. The van der Waals surface area contributed by atoms with Gasteiger partial charge >= 0.3 is 0 Å². The van der Waals surface area contributed by atoms with Gasteiger partial charge in [-0.1, -0.05) is 41.9 Å². The second-order valence-corrected chi connectivity index (χ2v) is 10.2. The van der Waals surface area contributed by atoms with Crippen LogP contribution in [0.15, 0.2) is 54.6 Å². The molecular weight excluding hydrogens is 470 g/mol. The number of imide groups is 1. The molecule has 2 aromatic carbocycles. The fourth-order valence-electron chi connectivity index (χ4n) is 5.24. The topological polar surface area (TPSA) is 73.6 Å². The van der Waals surface area contributed by atoms with Crippen LogP contribution in [0.4, 0.5) is 10.7 Å². The summed E-state index contributed by atoms with van der Waals surface area (Å²) in [7, 11) is 0. The third-order valence-electron chi connectivity index (χ3n) is 6.81. The van der Waals surface area contributed by atoms with Gasteiger partial charge in [0.1, 0.15) is 17.0 Å². The number of hydrogen-bond acceptors (Lipinski definition) is 6. The second kappa shape index (κ2) is 8.24. The van der Waals surface area contributed by atoms with Crippen LogP contribution in [0.1, 0.15) is 40.5 Å². The minimum atomic E-state index is -0.959. The highest BCUT2D eigenvalue weighted by Crippen LogP contribution is 2.50.